The molecule has 2 atom stereocenters. The number of aliphatic carboxylic acids is 1. The Morgan fingerprint density at radius 3 is 2.69 bits per heavy atom. The van der Waals surface area contributed by atoms with Gasteiger partial charge in [0.2, 0.25) is 5.91 Å². The fraction of sp³-hybridized carbons (Fsp3) is 0.389. The first-order valence-electron chi connectivity index (χ1n) is 8.68. The van der Waals surface area contributed by atoms with Crippen molar-refractivity contribution >= 4 is 47.3 Å². The lowest BCUT2D eigenvalue weighted by Gasteiger charge is -2.49. The maximum Gasteiger partial charge on any atom is 0.352 e. The van der Waals surface area contributed by atoms with Crippen LogP contribution in [0.3, 0.4) is 0 Å². The summed E-state index contributed by atoms with van der Waals surface area (Å²) in [4.78, 5) is 49.5. The third-order valence-corrected chi connectivity index (χ3v) is 6.69. The van der Waals surface area contributed by atoms with Gasteiger partial charge in [-0.15, -0.1) is 23.5 Å². The second kappa shape index (κ2) is 8.87. The molecule has 0 bridgehead atoms. The number of carbonyl (C=O) groups excluding carboxylic acids is 3. The Morgan fingerprint density at radius 2 is 2.07 bits per heavy atom. The predicted molar refractivity (Wildman–Crippen MR) is 105 cm³/mol. The van der Waals surface area contributed by atoms with E-state index in [1.165, 1.54) is 30.4 Å². The molecule has 0 saturated carbocycles. The van der Waals surface area contributed by atoms with Crippen molar-refractivity contribution in [2.75, 3.05) is 18.1 Å². The van der Waals surface area contributed by atoms with E-state index in [2.05, 4.69) is 5.32 Å². The zero-order valence-corrected chi connectivity index (χ0v) is 17.4. The van der Waals surface area contributed by atoms with Crippen molar-refractivity contribution in [3.8, 4) is 0 Å². The SMILES string of the molecule is CC(=O)OCC1=C(C(=O)O)N2C(=O)[C@@H](NC(=O)CSc3cc[n+](C)cc3)[C@H]2SC1. The van der Waals surface area contributed by atoms with E-state index in [0.717, 1.165) is 9.80 Å². The number of nitrogens with zero attached hydrogens (tertiary/aromatic N) is 2. The number of aryl methyl sites for hydroxylation is 1. The van der Waals surface area contributed by atoms with Gasteiger partial charge >= 0.3 is 11.9 Å². The van der Waals surface area contributed by atoms with Gasteiger partial charge in [0.25, 0.3) is 5.91 Å². The van der Waals surface area contributed by atoms with Gasteiger partial charge in [0.1, 0.15) is 30.8 Å². The molecular formula is C18H20N3O6S2+. The highest BCUT2D eigenvalue weighted by Gasteiger charge is 2.54. The summed E-state index contributed by atoms with van der Waals surface area (Å²) in [7, 11) is 1.90. The fourth-order valence-electron chi connectivity index (χ4n) is 2.93. The van der Waals surface area contributed by atoms with Gasteiger partial charge < -0.3 is 15.2 Å². The normalized spacial score (nSPS) is 20.6. The zero-order chi connectivity index (χ0) is 21.1. The number of amides is 2. The Labute approximate surface area is 175 Å². The quantitative estimate of drug-likeness (QED) is 0.262. The molecule has 2 amide bonds. The molecule has 1 aromatic heterocycles. The van der Waals surface area contributed by atoms with Gasteiger partial charge in [0, 0.05) is 35.3 Å². The molecule has 29 heavy (non-hydrogen) atoms. The summed E-state index contributed by atoms with van der Waals surface area (Å²) in [6, 6.07) is 3.01. The van der Waals surface area contributed by atoms with E-state index in [-0.39, 0.29) is 24.0 Å². The van der Waals surface area contributed by atoms with Crippen molar-refractivity contribution < 1.29 is 33.6 Å². The Bertz CT molecular complexity index is 886. The second-order valence-electron chi connectivity index (χ2n) is 6.48. The molecule has 0 unspecified atom stereocenters. The van der Waals surface area contributed by atoms with E-state index in [1.807, 2.05) is 36.1 Å². The van der Waals surface area contributed by atoms with Crippen LogP contribution < -0.4 is 9.88 Å². The molecule has 2 N–H and O–H groups in total. The summed E-state index contributed by atoms with van der Waals surface area (Å²) in [5.74, 6) is -2.12. The van der Waals surface area contributed by atoms with Gasteiger partial charge in [-0.25, -0.2) is 9.36 Å². The molecule has 0 aromatic carbocycles. The van der Waals surface area contributed by atoms with Crippen molar-refractivity contribution in [2.24, 2.45) is 7.05 Å². The van der Waals surface area contributed by atoms with Crippen LogP contribution in [-0.2, 0) is 31.0 Å². The summed E-state index contributed by atoms with van der Waals surface area (Å²) in [6.07, 6.45) is 3.75. The molecule has 1 fully saturated rings. The number of thioether (sulfide) groups is 2. The summed E-state index contributed by atoms with van der Waals surface area (Å²) in [5, 5.41) is 11.7. The number of nitrogens with one attached hydrogen (secondary N) is 1. The Balaban J connectivity index is 1.61. The van der Waals surface area contributed by atoms with Crippen LogP contribution in [0.15, 0.2) is 40.7 Å². The van der Waals surface area contributed by atoms with Crippen molar-refractivity contribution in [1.82, 2.24) is 10.2 Å². The second-order valence-corrected chi connectivity index (χ2v) is 8.63. The number of pyridine rings is 1. The predicted octanol–water partition coefficient (Wildman–Crippen LogP) is -0.0951. The van der Waals surface area contributed by atoms with E-state index in [1.54, 1.807) is 0 Å². The Kier molecular flexibility index (Phi) is 6.48. The molecule has 1 saturated heterocycles. The lowest BCUT2D eigenvalue weighted by molar-refractivity contribution is -0.671. The number of β-lactam (4-membered cyclic amide) rings is 1. The van der Waals surface area contributed by atoms with Crippen molar-refractivity contribution in [3.05, 3.63) is 35.8 Å². The number of esters is 1. The lowest BCUT2D eigenvalue weighted by Crippen LogP contribution is -2.70. The molecule has 2 aliphatic heterocycles. The van der Waals surface area contributed by atoms with Crippen LogP contribution in [-0.4, -0.2) is 63.3 Å². The summed E-state index contributed by atoms with van der Waals surface area (Å²) in [6.45, 7) is 1.05. The van der Waals surface area contributed by atoms with Gasteiger partial charge in [0.05, 0.1) is 5.75 Å². The van der Waals surface area contributed by atoms with Crippen LogP contribution in [0.2, 0.25) is 0 Å². The van der Waals surface area contributed by atoms with Gasteiger partial charge in [-0.2, -0.15) is 0 Å². The molecule has 9 nitrogen and oxygen atoms in total. The Morgan fingerprint density at radius 1 is 1.38 bits per heavy atom. The van der Waals surface area contributed by atoms with E-state index in [9.17, 15) is 24.3 Å². The average molecular weight is 439 g/mol. The number of ether oxygens (including phenoxy) is 1. The van der Waals surface area contributed by atoms with E-state index < -0.39 is 29.3 Å². The number of carboxylic acids is 1. The number of hydrogen-bond donors (Lipinski definition) is 2. The zero-order valence-electron chi connectivity index (χ0n) is 15.8. The van der Waals surface area contributed by atoms with Crippen LogP contribution >= 0.6 is 23.5 Å². The van der Waals surface area contributed by atoms with Gasteiger partial charge in [-0.3, -0.25) is 19.3 Å². The number of hydrogen-bond acceptors (Lipinski definition) is 7. The standard InChI is InChI=1S/C18H19N3O6S2/c1-10(22)27-7-11-8-29-17-14(16(24)21(17)15(11)18(25)26)19-13(23)9-28-12-3-5-20(2)6-4-12/h3-6,14,17H,7-9H2,1-2H3,(H-,19,23,25,26)/p+1/t14-,17-/m1/s1. The highest BCUT2D eigenvalue weighted by molar-refractivity contribution is 8.00. The highest BCUT2D eigenvalue weighted by atomic mass is 32.2. The van der Waals surface area contributed by atoms with Crippen LogP contribution in [0.5, 0.6) is 0 Å². The molecule has 11 heteroatoms. The number of fused-ring (bicyclic) bond motifs is 1. The van der Waals surface area contributed by atoms with Crippen LogP contribution in [0.1, 0.15) is 6.92 Å². The third-order valence-electron chi connectivity index (χ3n) is 4.33. The van der Waals surface area contributed by atoms with Crippen LogP contribution in [0.4, 0.5) is 0 Å². The largest absolute Gasteiger partial charge is 0.477 e. The molecule has 0 spiro atoms. The first kappa shape index (κ1) is 21.2. The van der Waals surface area contributed by atoms with Gasteiger partial charge in [-0.05, 0) is 0 Å². The van der Waals surface area contributed by atoms with E-state index >= 15 is 0 Å². The van der Waals surface area contributed by atoms with E-state index in [4.69, 9.17) is 4.74 Å². The first-order chi connectivity index (χ1) is 13.8. The minimum absolute atomic E-state index is 0.147. The number of carboxylic acid groups (broad SMARTS) is 1. The molecule has 154 valence electrons. The molecule has 2 aliphatic rings. The fourth-order valence-corrected chi connectivity index (χ4v) is 4.95. The first-order valence-corrected chi connectivity index (χ1v) is 10.7. The molecule has 3 rings (SSSR count). The van der Waals surface area contributed by atoms with Crippen molar-refractivity contribution in [3.63, 3.8) is 0 Å². The topological polar surface area (TPSA) is 117 Å². The molecule has 1 aromatic rings. The van der Waals surface area contributed by atoms with Crippen molar-refractivity contribution in [1.29, 1.82) is 0 Å². The van der Waals surface area contributed by atoms with Crippen LogP contribution in [0, 0.1) is 0 Å². The van der Waals surface area contributed by atoms with Gasteiger partial charge in [-0.1, -0.05) is 0 Å². The van der Waals surface area contributed by atoms with Crippen molar-refractivity contribution in [2.45, 2.75) is 23.2 Å². The van der Waals surface area contributed by atoms with Gasteiger partial charge in [0.15, 0.2) is 12.4 Å². The molecule has 0 aliphatic carbocycles. The van der Waals surface area contributed by atoms with E-state index in [0.29, 0.717) is 11.3 Å². The number of aromatic nitrogens is 1. The minimum Gasteiger partial charge on any atom is -0.477 e. The average Bonchev–Trinajstić information content (AvgIpc) is 2.69. The maximum atomic E-state index is 12.5. The highest BCUT2D eigenvalue weighted by Crippen LogP contribution is 2.40. The minimum atomic E-state index is -1.26. The summed E-state index contributed by atoms with van der Waals surface area (Å²) < 4.78 is 6.78. The number of rotatable bonds is 7. The lowest BCUT2D eigenvalue weighted by atomic mass is 10.0. The Hall–Kier alpha value is -2.53. The van der Waals surface area contributed by atoms with Crippen LogP contribution in [0.25, 0.3) is 0 Å². The smallest absolute Gasteiger partial charge is 0.352 e. The maximum absolute atomic E-state index is 12.5. The molecule has 3 heterocycles. The third kappa shape index (κ3) is 4.73. The number of carbonyl (C=O) groups is 4. The molecular weight excluding hydrogens is 418 g/mol. The summed E-state index contributed by atoms with van der Waals surface area (Å²) >= 11 is 2.68. The molecule has 0 radical (unpaired) electrons. The summed E-state index contributed by atoms with van der Waals surface area (Å²) in [5.41, 5.74) is 0.192. The monoisotopic (exact) mass is 438 g/mol.